The maximum Gasteiger partial charge on any atom is 0.272 e. The van der Waals surface area contributed by atoms with Gasteiger partial charge in [0.2, 0.25) is 6.41 Å². The molecule has 2 fully saturated rings. The number of carbonyl (C=O) groups is 2. The number of hydrogen-bond donors (Lipinski definition) is 0. The summed E-state index contributed by atoms with van der Waals surface area (Å²) >= 11 is 0. The summed E-state index contributed by atoms with van der Waals surface area (Å²) in [6, 6.07) is 3.84. The van der Waals surface area contributed by atoms with Crippen LogP contribution in [-0.2, 0) is 4.79 Å². The van der Waals surface area contributed by atoms with Crippen molar-refractivity contribution in [1.82, 2.24) is 14.8 Å². The van der Waals surface area contributed by atoms with Gasteiger partial charge >= 0.3 is 0 Å². The maximum atomic E-state index is 12.5. The highest BCUT2D eigenvalue weighted by Crippen LogP contribution is 2.19. The summed E-state index contributed by atoms with van der Waals surface area (Å²) in [4.78, 5) is 33.4. The van der Waals surface area contributed by atoms with Gasteiger partial charge in [0, 0.05) is 39.3 Å². The van der Waals surface area contributed by atoms with E-state index in [-0.39, 0.29) is 5.91 Å². The topological polar surface area (TPSA) is 56.8 Å². The molecule has 124 valence electrons. The molecule has 0 saturated carbocycles. The Bertz CT molecular complexity index is 530. The Kier molecular flexibility index (Phi) is 5.10. The third-order valence-corrected chi connectivity index (χ3v) is 4.69. The van der Waals surface area contributed by atoms with Crippen molar-refractivity contribution >= 4 is 18.0 Å². The number of aromatic nitrogens is 1. The molecule has 0 N–H and O–H groups in total. The molecule has 0 spiro atoms. The van der Waals surface area contributed by atoms with E-state index in [1.54, 1.807) is 9.80 Å². The van der Waals surface area contributed by atoms with Gasteiger partial charge < -0.3 is 14.7 Å². The van der Waals surface area contributed by atoms with Crippen LogP contribution in [0.1, 0.15) is 36.2 Å². The zero-order valence-corrected chi connectivity index (χ0v) is 13.5. The molecule has 23 heavy (non-hydrogen) atoms. The summed E-state index contributed by atoms with van der Waals surface area (Å²) in [6.07, 6.45) is 7.71. The SMILES string of the molecule is O=CN1CCN(C(=O)c2ccc(N3CCCCCC3)cn2)CC1. The lowest BCUT2D eigenvalue weighted by Crippen LogP contribution is -2.48. The van der Waals surface area contributed by atoms with Crippen LogP contribution >= 0.6 is 0 Å². The molecule has 0 unspecified atom stereocenters. The highest BCUT2D eigenvalue weighted by Gasteiger charge is 2.22. The van der Waals surface area contributed by atoms with E-state index >= 15 is 0 Å². The van der Waals surface area contributed by atoms with Gasteiger partial charge in [-0.15, -0.1) is 0 Å². The van der Waals surface area contributed by atoms with Crippen molar-refractivity contribution in [2.24, 2.45) is 0 Å². The zero-order chi connectivity index (χ0) is 16.1. The first-order valence-electron chi connectivity index (χ1n) is 8.47. The minimum absolute atomic E-state index is 0.0436. The maximum absolute atomic E-state index is 12.5. The van der Waals surface area contributed by atoms with E-state index in [2.05, 4.69) is 9.88 Å². The fourth-order valence-corrected chi connectivity index (χ4v) is 3.22. The van der Waals surface area contributed by atoms with E-state index in [0.29, 0.717) is 31.9 Å². The smallest absolute Gasteiger partial charge is 0.272 e. The average Bonchev–Trinajstić information content (AvgIpc) is 2.91. The predicted octanol–water partition coefficient (Wildman–Crippen LogP) is 1.38. The van der Waals surface area contributed by atoms with Gasteiger partial charge in [-0.25, -0.2) is 4.98 Å². The van der Waals surface area contributed by atoms with Crippen LogP contribution in [0.3, 0.4) is 0 Å². The first-order chi connectivity index (χ1) is 11.3. The summed E-state index contributed by atoms with van der Waals surface area (Å²) in [6.45, 7) is 4.49. The quantitative estimate of drug-likeness (QED) is 0.791. The number of carbonyl (C=O) groups excluding carboxylic acids is 2. The van der Waals surface area contributed by atoms with E-state index in [0.717, 1.165) is 25.2 Å². The van der Waals surface area contributed by atoms with Gasteiger partial charge in [0.15, 0.2) is 0 Å². The van der Waals surface area contributed by atoms with Gasteiger partial charge in [0.25, 0.3) is 5.91 Å². The molecule has 3 rings (SSSR count). The molecule has 0 aromatic carbocycles. The molecule has 2 aliphatic heterocycles. The molecule has 6 nitrogen and oxygen atoms in total. The Hall–Kier alpha value is -2.11. The predicted molar refractivity (Wildman–Crippen MR) is 88.5 cm³/mol. The average molecular weight is 316 g/mol. The lowest BCUT2D eigenvalue weighted by Gasteiger charge is -2.32. The van der Waals surface area contributed by atoms with Gasteiger partial charge in [-0.2, -0.15) is 0 Å². The highest BCUT2D eigenvalue weighted by atomic mass is 16.2. The third kappa shape index (κ3) is 3.81. The van der Waals surface area contributed by atoms with E-state index in [1.165, 1.54) is 25.7 Å². The molecule has 2 amide bonds. The van der Waals surface area contributed by atoms with Crippen LogP contribution in [0.5, 0.6) is 0 Å². The lowest BCUT2D eigenvalue weighted by atomic mass is 10.2. The number of rotatable bonds is 3. The van der Waals surface area contributed by atoms with E-state index in [1.807, 2.05) is 18.3 Å². The molecule has 3 heterocycles. The van der Waals surface area contributed by atoms with Gasteiger partial charge in [0.05, 0.1) is 11.9 Å². The first-order valence-corrected chi connectivity index (χ1v) is 8.47. The van der Waals surface area contributed by atoms with Crippen LogP contribution < -0.4 is 4.90 Å². The van der Waals surface area contributed by atoms with Crippen molar-refractivity contribution < 1.29 is 9.59 Å². The van der Waals surface area contributed by atoms with Crippen molar-refractivity contribution in [3.8, 4) is 0 Å². The van der Waals surface area contributed by atoms with Crippen molar-refractivity contribution in [2.75, 3.05) is 44.2 Å². The van der Waals surface area contributed by atoms with E-state index in [9.17, 15) is 9.59 Å². The van der Waals surface area contributed by atoms with Crippen molar-refractivity contribution in [1.29, 1.82) is 0 Å². The zero-order valence-electron chi connectivity index (χ0n) is 13.5. The molecule has 0 bridgehead atoms. The monoisotopic (exact) mass is 316 g/mol. The second-order valence-electron chi connectivity index (χ2n) is 6.24. The molecule has 1 aromatic rings. The van der Waals surface area contributed by atoms with Crippen molar-refractivity contribution in [3.05, 3.63) is 24.0 Å². The largest absolute Gasteiger partial charge is 0.370 e. The number of anilines is 1. The Morgan fingerprint density at radius 1 is 0.957 bits per heavy atom. The molecule has 0 radical (unpaired) electrons. The number of amides is 2. The van der Waals surface area contributed by atoms with Gasteiger partial charge in [-0.3, -0.25) is 9.59 Å². The molecule has 2 saturated heterocycles. The Morgan fingerprint density at radius 2 is 1.65 bits per heavy atom. The lowest BCUT2D eigenvalue weighted by molar-refractivity contribution is -0.119. The highest BCUT2D eigenvalue weighted by molar-refractivity contribution is 5.92. The minimum atomic E-state index is -0.0436. The second-order valence-corrected chi connectivity index (χ2v) is 6.24. The van der Waals surface area contributed by atoms with Crippen molar-refractivity contribution in [3.63, 3.8) is 0 Å². The summed E-state index contributed by atoms with van der Waals surface area (Å²) in [7, 11) is 0. The Balaban J connectivity index is 1.62. The number of piperazine rings is 1. The van der Waals surface area contributed by atoms with Crippen LogP contribution in [0.2, 0.25) is 0 Å². The summed E-state index contributed by atoms with van der Waals surface area (Å²) in [5, 5.41) is 0. The van der Waals surface area contributed by atoms with Crippen LogP contribution in [0.25, 0.3) is 0 Å². The van der Waals surface area contributed by atoms with Crippen LogP contribution in [-0.4, -0.2) is 66.4 Å². The second kappa shape index (κ2) is 7.44. The molecule has 0 aliphatic carbocycles. The molecular weight excluding hydrogens is 292 g/mol. The summed E-state index contributed by atoms with van der Waals surface area (Å²) in [5.41, 5.74) is 1.59. The first kappa shape index (κ1) is 15.8. The number of hydrogen-bond acceptors (Lipinski definition) is 4. The fourth-order valence-electron chi connectivity index (χ4n) is 3.22. The Morgan fingerprint density at radius 3 is 2.22 bits per heavy atom. The van der Waals surface area contributed by atoms with Gasteiger partial charge in [-0.1, -0.05) is 12.8 Å². The third-order valence-electron chi connectivity index (χ3n) is 4.69. The summed E-state index contributed by atoms with van der Waals surface area (Å²) in [5.74, 6) is -0.0436. The molecule has 1 aromatic heterocycles. The van der Waals surface area contributed by atoms with E-state index < -0.39 is 0 Å². The molecule has 6 heteroatoms. The van der Waals surface area contributed by atoms with Gasteiger partial charge in [-0.05, 0) is 25.0 Å². The van der Waals surface area contributed by atoms with E-state index in [4.69, 9.17) is 0 Å². The minimum Gasteiger partial charge on any atom is -0.370 e. The van der Waals surface area contributed by atoms with Crippen molar-refractivity contribution in [2.45, 2.75) is 25.7 Å². The number of pyridine rings is 1. The van der Waals surface area contributed by atoms with Crippen LogP contribution in [0.15, 0.2) is 18.3 Å². The van der Waals surface area contributed by atoms with Gasteiger partial charge in [0.1, 0.15) is 5.69 Å². The van der Waals surface area contributed by atoms with Crippen LogP contribution in [0, 0.1) is 0 Å². The number of nitrogens with zero attached hydrogens (tertiary/aromatic N) is 4. The molecule has 2 aliphatic rings. The normalized spacial score (nSPS) is 19.4. The molecule has 0 atom stereocenters. The summed E-state index contributed by atoms with van der Waals surface area (Å²) < 4.78 is 0. The standard InChI is InChI=1S/C17H24N4O2/c22-14-19-9-11-21(12-10-19)17(23)16-6-5-15(13-18-16)20-7-3-1-2-4-8-20/h5-6,13-14H,1-4,7-12H2. The van der Waals surface area contributed by atoms with Crippen LogP contribution in [0.4, 0.5) is 5.69 Å². The molecular formula is C17H24N4O2. The fraction of sp³-hybridized carbons (Fsp3) is 0.588. The Labute approximate surface area is 137 Å².